The summed E-state index contributed by atoms with van der Waals surface area (Å²) in [6.45, 7) is 8.48. The van der Waals surface area contributed by atoms with Gasteiger partial charge < -0.3 is 14.4 Å². The molecular weight excluding hydrogens is 332 g/mol. The minimum absolute atomic E-state index is 0.322. The zero-order valence-corrected chi connectivity index (χ0v) is 15.7. The minimum atomic E-state index is -0.420. The van der Waals surface area contributed by atoms with Gasteiger partial charge in [-0.05, 0) is 33.2 Å². The number of amides is 1. The molecule has 1 aromatic rings. The summed E-state index contributed by atoms with van der Waals surface area (Å²) in [6, 6.07) is 0.556. The molecule has 0 bridgehead atoms. The summed E-state index contributed by atoms with van der Waals surface area (Å²) in [4.78, 5) is 25.6. The van der Waals surface area contributed by atoms with E-state index < -0.39 is 5.60 Å². The average Bonchev–Trinajstić information content (AvgIpc) is 2.98. The summed E-state index contributed by atoms with van der Waals surface area (Å²) in [6.07, 6.45) is 7.07. The van der Waals surface area contributed by atoms with Crippen LogP contribution in [0.15, 0.2) is 12.4 Å². The van der Waals surface area contributed by atoms with Crippen molar-refractivity contribution in [1.29, 1.82) is 0 Å². The second kappa shape index (κ2) is 7.12. The fraction of sp³-hybridized carbons (Fsp3) is 0.737. The second-order valence-corrected chi connectivity index (χ2v) is 7.98. The predicted molar refractivity (Wildman–Crippen MR) is 97.3 cm³/mol. The first-order chi connectivity index (χ1) is 12.6. The number of aromatic nitrogens is 2. The summed E-state index contributed by atoms with van der Waals surface area (Å²) in [5, 5.41) is 0. The molecule has 0 saturated carbocycles. The summed E-state index contributed by atoms with van der Waals surface area (Å²) in [5.41, 5.74) is 0.601. The molecule has 1 amide bonds. The normalized spacial score (nSPS) is 26.5. The molecule has 142 valence electrons. The van der Waals surface area contributed by atoms with E-state index in [9.17, 15) is 4.79 Å². The van der Waals surface area contributed by atoms with Crippen LogP contribution in [0.5, 0.6) is 0 Å². The maximum Gasteiger partial charge on any atom is 0.416 e. The number of likely N-dealkylation sites (tertiary alicyclic amines) is 1. The lowest BCUT2D eigenvalue weighted by Crippen LogP contribution is -2.40. The third-order valence-electron chi connectivity index (χ3n) is 5.91. The van der Waals surface area contributed by atoms with Crippen LogP contribution in [0.2, 0.25) is 0 Å². The molecule has 26 heavy (non-hydrogen) atoms. The number of piperidine rings is 1. The van der Waals surface area contributed by atoms with E-state index >= 15 is 0 Å². The average molecular weight is 360 g/mol. The maximum absolute atomic E-state index is 12.3. The van der Waals surface area contributed by atoms with Crippen molar-refractivity contribution >= 4 is 11.9 Å². The van der Waals surface area contributed by atoms with Crippen molar-refractivity contribution in [3.8, 4) is 0 Å². The Balaban J connectivity index is 1.45. The van der Waals surface area contributed by atoms with Crippen molar-refractivity contribution in [1.82, 2.24) is 14.9 Å². The molecule has 1 unspecified atom stereocenters. The van der Waals surface area contributed by atoms with Gasteiger partial charge in [-0.3, -0.25) is 9.88 Å². The molecule has 4 rings (SSSR count). The third kappa shape index (κ3) is 3.42. The number of nitrogens with zero attached hydrogens (tertiary/aromatic N) is 4. The number of ether oxygens (including phenoxy) is 2. The molecule has 7 nitrogen and oxygen atoms in total. The largest absolute Gasteiger partial charge is 0.440 e. The highest BCUT2D eigenvalue weighted by Crippen LogP contribution is 2.34. The first-order valence-corrected chi connectivity index (χ1v) is 9.71. The highest BCUT2D eigenvalue weighted by atomic mass is 16.6. The van der Waals surface area contributed by atoms with E-state index in [0.717, 1.165) is 38.0 Å². The van der Waals surface area contributed by atoms with E-state index in [0.29, 0.717) is 37.5 Å². The fourth-order valence-corrected chi connectivity index (χ4v) is 4.20. The molecule has 0 aromatic carbocycles. The Bertz CT molecular complexity index is 643. The van der Waals surface area contributed by atoms with Crippen molar-refractivity contribution in [2.75, 3.05) is 37.7 Å². The van der Waals surface area contributed by atoms with Gasteiger partial charge in [0.2, 0.25) is 0 Å². The van der Waals surface area contributed by atoms with Crippen LogP contribution in [0.1, 0.15) is 51.1 Å². The van der Waals surface area contributed by atoms with Gasteiger partial charge in [-0.2, -0.15) is 0 Å². The van der Waals surface area contributed by atoms with Gasteiger partial charge in [0.05, 0.1) is 37.8 Å². The van der Waals surface area contributed by atoms with Crippen LogP contribution in [0.25, 0.3) is 0 Å². The van der Waals surface area contributed by atoms with Gasteiger partial charge in [-0.15, -0.1) is 0 Å². The fourth-order valence-electron chi connectivity index (χ4n) is 4.20. The molecule has 3 aliphatic rings. The van der Waals surface area contributed by atoms with Crippen LogP contribution < -0.4 is 4.90 Å². The number of carbonyl (C=O) groups excluding carboxylic acids is 1. The summed E-state index contributed by atoms with van der Waals surface area (Å²) in [7, 11) is 0. The molecule has 0 N–H and O–H groups in total. The van der Waals surface area contributed by atoms with Crippen molar-refractivity contribution in [2.45, 2.75) is 57.1 Å². The van der Waals surface area contributed by atoms with Gasteiger partial charge in [0.25, 0.3) is 0 Å². The predicted octanol–water partition coefficient (Wildman–Crippen LogP) is 2.57. The number of rotatable bonds is 3. The molecule has 1 spiro atoms. The second-order valence-electron chi connectivity index (χ2n) is 7.98. The highest BCUT2D eigenvalue weighted by molar-refractivity contribution is 5.89. The Morgan fingerprint density at radius 3 is 2.73 bits per heavy atom. The lowest BCUT2D eigenvalue weighted by molar-refractivity contribution is -0.0431. The molecule has 1 aromatic heterocycles. The van der Waals surface area contributed by atoms with Gasteiger partial charge in [0.1, 0.15) is 5.60 Å². The Hall–Kier alpha value is -1.73. The molecule has 7 heteroatoms. The van der Waals surface area contributed by atoms with Gasteiger partial charge >= 0.3 is 6.09 Å². The highest BCUT2D eigenvalue weighted by Gasteiger charge is 2.47. The Kier molecular flexibility index (Phi) is 4.84. The Morgan fingerprint density at radius 2 is 2.04 bits per heavy atom. The smallest absolute Gasteiger partial charge is 0.416 e. The van der Waals surface area contributed by atoms with Crippen LogP contribution in [0.4, 0.5) is 10.6 Å². The summed E-state index contributed by atoms with van der Waals surface area (Å²) in [5.74, 6) is 0.999. The van der Waals surface area contributed by atoms with Gasteiger partial charge in [-0.1, -0.05) is 0 Å². The Morgan fingerprint density at radius 1 is 1.23 bits per heavy atom. The maximum atomic E-state index is 12.3. The number of hydrogen-bond acceptors (Lipinski definition) is 6. The van der Waals surface area contributed by atoms with Crippen molar-refractivity contribution < 1.29 is 14.3 Å². The van der Waals surface area contributed by atoms with Gasteiger partial charge in [0, 0.05) is 31.3 Å². The Labute approximate surface area is 154 Å². The van der Waals surface area contributed by atoms with Crippen LogP contribution in [-0.4, -0.2) is 65.5 Å². The molecule has 0 aliphatic carbocycles. The molecule has 3 saturated heterocycles. The van der Waals surface area contributed by atoms with Crippen LogP contribution in [0.3, 0.4) is 0 Å². The van der Waals surface area contributed by atoms with Crippen molar-refractivity contribution in [3.63, 3.8) is 0 Å². The lowest BCUT2D eigenvalue weighted by Gasteiger charge is -2.35. The monoisotopic (exact) mass is 360 g/mol. The number of hydrogen-bond donors (Lipinski definition) is 0. The first kappa shape index (κ1) is 17.7. The van der Waals surface area contributed by atoms with E-state index in [-0.39, 0.29) is 6.09 Å². The SMILES string of the molecule is CC(C)N1CCCC(c2cnc(N3CC4(CCOCC4)OC3=O)cn2)C1. The molecule has 1 atom stereocenters. The molecule has 0 radical (unpaired) electrons. The topological polar surface area (TPSA) is 67.8 Å². The number of carbonyl (C=O) groups is 1. The van der Waals surface area contributed by atoms with Crippen LogP contribution >= 0.6 is 0 Å². The summed E-state index contributed by atoms with van der Waals surface area (Å²) >= 11 is 0. The number of anilines is 1. The van der Waals surface area contributed by atoms with E-state index in [1.54, 1.807) is 11.1 Å². The minimum Gasteiger partial charge on any atom is -0.440 e. The molecule has 3 aliphatic heterocycles. The zero-order chi connectivity index (χ0) is 18.1. The van der Waals surface area contributed by atoms with Gasteiger partial charge in [0.15, 0.2) is 5.82 Å². The lowest BCUT2D eigenvalue weighted by atomic mass is 9.94. The molecular formula is C19H28N4O3. The van der Waals surface area contributed by atoms with Crippen molar-refractivity contribution in [3.05, 3.63) is 18.1 Å². The van der Waals surface area contributed by atoms with E-state index in [4.69, 9.17) is 9.47 Å². The van der Waals surface area contributed by atoms with E-state index in [1.807, 2.05) is 6.20 Å². The molecule has 3 fully saturated rings. The van der Waals surface area contributed by atoms with Crippen molar-refractivity contribution in [2.24, 2.45) is 0 Å². The summed E-state index contributed by atoms with van der Waals surface area (Å²) < 4.78 is 11.1. The van der Waals surface area contributed by atoms with E-state index in [2.05, 4.69) is 28.7 Å². The molecule has 4 heterocycles. The standard InChI is InChI=1S/C19H28N4O3/c1-14(2)22-7-3-4-15(12-22)16-10-21-17(11-20-16)23-13-19(26-18(23)24)5-8-25-9-6-19/h10-11,14-15H,3-9,12-13H2,1-2H3. The van der Waals surface area contributed by atoms with Crippen LogP contribution in [0, 0.1) is 0 Å². The zero-order valence-electron chi connectivity index (χ0n) is 15.7. The van der Waals surface area contributed by atoms with Crippen LogP contribution in [-0.2, 0) is 9.47 Å². The third-order valence-corrected chi connectivity index (χ3v) is 5.91. The quantitative estimate of drug-likeness (QED) is 0.825. The van der Waals surface area contributed by atoms with E-state index in [1.165, 1.54) is 6.42 Å². The first-order valence-electron chi connectivity index (χ1n) is 9.71. The van der Waals surface area contributed by atoms with Gasteiger partial charge in [-0.25, -0.2) is 9.78 Å².